The van der Waals surface area contributed by atoms with Crippen molar-refractivity contribution in [2.45, 2.75) is 34.8 Å². The van der Waals surface area contributed by atoms with Crippen LogP contribution in [-0.4, -0.2) is 25.6 Å². The van der Waals surface area contributed by atoms with Crippen LogP contribution in [0.3, 0.4) is 0 Å². The Morgan fingerprint density at radius 1 is 0.564 bits per heavy atom. The third-order valence-corrected chi connectivity index (χ3v) is 7.94. The predicted octanol–water partition coefficient (Wildman–Crippen LogP) is 7.59. The molecule has 0 N–H and O–H groups in total. The van der Waals surface area contributed by atoms with Crippen molar-refractivity contribution in [3.05, 3.63) is 119 Å². The molecule has 4 aromatic carbocycles. The van der Waals surface area contributed by atoms with Crippen molar-refractivity contribution in [1.82, 2.24) is 0 Å². The highest BCUT2D eigenvalue weighted by Gasteiger charge is 2.25. The minimum absolute atomic E-state index is 0.0696. The minimum atomic E-state index is -0.0696. The van der Waals surface area contributed by atoms with Gasteiger partial charge in [0, 0.05) is 22.6 Å². The molecule has 0 radical (unpaired) electrons. The number of hydrogen-bond acceptors (Lipinski definition) is 7. The number of methoxy groups -OCH3 is 2. The van der Waals surface area contributed by atoms with E-state index in [1.165, 1.54) is 9.79 Å². The molecule has 2 aliphatic rings. The second-order valence-electron chi connectivity index (χ2n) is 9.37. The van der Waals surface area contributed by atoms with E-state index in [4.69, 9.17) is 19.1 Å². The van der Waals surface area contributed by atoms with Crippen molar-refractivity contribution in [2.75, 3.05) is 14.2 Å². The lowest BCUT2D eigenvalue weighted by Crippen LogP contribution is -2.01. The Morgan fingerprint density at radius 2 is 0.949 bits per heavy atom. The molecule has 0 spiro atoms. The van der Waals surface area contributed by atoms with E-state index in [0.717, 1.165) is 58.0 Å². The molecule has 0 bridgehead atoms. The van der Waals surface area contributed by atoms with Gasteiger partial charge in [0.2, 0.25) is 0 Å². The highest BCUT2D eigenvalue weighted by atomic mass is 32.2. The van der Waals surface area contributed by atoms with Crippen LogP contribution in [-0.2, 0) is 9.68 Å². The summed E-state index contributed by atoms with van der Waals surface area (Å²) >= 11 is 1.73. The second-order valence-corrected chi connectivity index (χ2v) is 10.5. The van der Waals surface area contributed by atoms with Gasteiger partial charge in [0.15, 0.2) is 12.2 Å². The summed E-state index contributed by atoms with van der Waals surface area (Å²) in [5.41, 5.74) is 6.27. The molecule has 39 heavy (non-hydrogen) atoms. The predicted molar refractivity (Wildman–Crippen MR) is 153 cm³/mol. The topological polar surface area (TPSA) is 61.6 Å². The van der Waals surface area contributed by atoms with Crippen LogP contribution in [0, 0.1) is 0 Å². The average molecular weight is 537 g/mol. The highest BCUT2D eigenvalue weighted by Crippen LogP contribution is 2.34. The van der Waals surface area contributed by atoms with Crippen LogP contribution < -0.4 is 9.47 Å². The van der Waals surface area contributed by atoms with Gasteiger partial charge >= 0.3 is 0 Å². The van der Waals surface area contributed by atoms with Crippen molar-refractivity contribution < 1.29 is 19.1 Å². The van der Waals surface area contributed by atoms with Crippen LogP contribution in [0.25, 0.3) is 0 Å². The van der Waals surface area contributed by atoms with Gasteiger partial charge in [0.1, 0.15) is 11.5 Å². The first-order valence-electron chi connectivity index (χ1n) is 12.8. The number of ether oxygens (including phenoxy) is 2. The number of nitrogens with zero attached hydrogens (tertiary/aromatic N) is 2. The van der Waals surface area contributed by atoms with Crippen LogP contribution >= 0.6 is 11.8 Å². The van der Waals surface area contributed by atoms with E-state index in [0.29, 0.717) is 0 Å². The number of rotatable bonds is 8. The molecule has 0 saturated heterocycles. The summed E-state index contributed by atoms with van der Waals surface area (Å²) in [6.07, 6.45) is 1.35. The van der Waals surface area contributed by atoms with Crippen molar-refractivity contribution >= 4 is 23.2 Å². The van der Waals surface area contributed by atoms with Gasteiger partial charge in [-0.25, -0.2) is 0 Å². The third-order valence-electron chi connectivity index (χ3n) is 6.92. The van der Waals surface area contributed by atoms with Gasteiger partial charge in [0.25, 0.3) is 0 Å². The lowest BCUT2D eigenvalue weighted by atomic mass is 10.0. The van der Waals surface area contributed by atoms with Gasteiger partial charge in [-0.05, 0) is 70.8 Å². The Balaban J connectivity index is 1.04. The van der Waals surface area contributed by atoms with Gasteiger partial charge in [-0.3, -0.25) is 0 Å². The van der Waals surface area contributed by atoms with Gasteiger partial charge in [0.05, 0.1) is 25.6 Å². The monoisotopic (exact) mass is 536 g/mol. The quantitative estimate of drug-likeness (QED) is 0.232. The molecule has 0 aromatic heterocycles. The Bertz CT molecular complexity index is 1370. The van der Waals surface area contributed by atoms with Gasteiger partial charge in [-0.15, -0.1) is 0 Å². The van der Waals surface area contributed by atoms with Gasteiger partial charge in [-0.1, -0.05) is 70.6 Å². The first kappa shape index (κ1) is 25.1. The number of hydrogen-bond donors (Lipinski definition) is 0. The zero-order valence-electron chi connectivity index (χ0n) is 21.7. The van der Waals surface area contributed by atoms with Crippen molar-refractivity contribution in [3.8, 4) is 11.5 Å². The van der Waals surface area contributed by atoms with Crippen LogP contribution in [0.1, 0.15) is 47.3 Å². The maximum atomic E-state index is 5.72. The SMILES string of the molecule is COc1ccc(C2CC(c3ccc(Sc4ccc(C5=NOC(c6ccc(OC)cc6)C5)cc4)cc3)=NO2)cc1. The summed E-state index contributed by atoms with van der Waals surface area (Å²) in [6, 6.07) is 32.9. The minimum Gasteiger partial charge on any atom is -0.497 e. The average Bonchev–Trinajstić information content (AvgIpc) is 3.69. The zero-order chi connectivity index (χ0) is 26.6. The third kappa shape index (κ3) is 5.64. The molecule has 6 nitrogen and oxygen atoms in total. The largest absolute Gasteiger partial charge is 0.497 e. The smallest absolute Gasteiger partial charge is 0.158 e. The molecule has 2 atom stereocenters. The molecular weight excluding hydrogens is 508 g/mol. The molecule has 2 aliphatic heterocycles. The van der Waals surface area contributed by atoms with Crippen LogP contribution in [0.5, 0.6) is 11.5 Å². The van der Waals surface area contributed by atoms with Crippen LogP contribution in [0.15, 0.2) is 117 Å². The Kier molecular flexibility index (Phi) is 7.23. The lowest BCUT2D eigenvalue weighted by molar-refractivity contribution is 0.0856. The Morgan fingerprint density at radius 3 is 1.31 bits per heavy atom. The van der Waals surface area contributed by atoms with E-state index in [-0.39, 0.29) is 12.2 Å². The first-order chi connectivity index (χ1) is 19.2. The molecule has 2 heterocycles. The Hall–Kier alpha value is -4.23. The lowest BCUT2D eigenvalue weighted by Gasteiger charge is -2.09. The standard InChI is InChI=1S/C32H28N2O4S/c1-35-25-11-3-23(4-12-25)31-19-29(33-37-31)21-7-15-27(16-8-21)39-28-17-9-22(10-18-28)30-20-32(38-34-30)24-5-13-26(36-2)14-6-24/h3-18,31-32H,19-20H2,1-2H3. The zero-order valence-corrected chi connectivity index (χ0v) is 22.6. The maximum Gasteiger partial charge on any atom is 0.158 e. The van der Waals surface area contributed by atoms with E-state index in [1.54, 1.807) is 26.0 Å². The van der Waals surface area contributed by atoms with Gasteiger partial charge in [-0.2, -0.15) is 0 Å². The summed E-state index contributed by atoms with van der Waals surface area (Å²) in [5, 5.41) is 8.70. The molecule has 0 amide bonds. The maximum absolute atomic E-state index is 5.72. The summed E-state index contributed by atoms with van der Waals surface area (Å²) in [6.45, 7) is 0. The van der Waals surface area contributed by atoms with Crippen LogP contribution in [0.2, 0.25) is 0 Å². The number of benzene rings is 4. The molecule has 7 heteroatoms. The van der Waals surface area contributed by atoms with E-state index in [9.17, 15) is 0 Å². The molecule has 0 aliphatic carbocycles. The van der Waals surface area contributed by atoms with E-state index in [2.05, 4.69) is 58.8 Å². The van der Waals surface area contributed by atoms with E-state index in [1.807, 2.05) is 48.5 Å². The fourth-order valence-corrected chi connectivity index (χ4v) is 5.47. The molecule has 196 valence electrons. The molecule has 2 unspecified atom stereocenters. The normalized spacial score (nSPS) is 18.1. The number of oxime groups is 2. The summed E-state index contributed by atoms with van der Waals surface area (Å²) in [7, 11) is 3.33. The fourth-order valence-electron chi connectivity index (χ4n) is 4.66. The molecular formula is C32H28N2O4S. The molecule has 0 saturated carbocycles. The van der Waals surface area contributed by atoms with Gasteiger partial charge < -0.3 is 19.1 Å². The van der Waals surface area contributed by atoms with Crippen molar-refractivity contribution in [1.29, 1.82) is 0 Å². The molecule has 0 fully saturated rings. The second kappa shape index (κ2) is 11.3. The first-order valence-corrected chi connectivity index (χ1v) is 13.6. The van der Waals surface area contributed by atoms with Crippen molar-refractivity contribution in [3.63, 3.8) is 0 Å². The van der Waals surface area contributed by atoms with E-state index >= 15 is 0 Å². The fraction of sp³-hybridized carbons (Fsp3) is 0.188. The highest BCUT2D eigenvalue weighted by molar-refractivity contribution is 7.99. The van der Waals surface area contributed by atoms with Crippen LogP contribution in [0.4, 0.5) is 0 Å². The Labute approximate surface area is 232 Å². The van der Waals surface area contributed by atoms with E-state index < -0.39 is 0 Å². The molecule has 6 rings (SSSR count). The molecule has 4 aromatic rings. The summed E-state index contributed by atoms with van der Waals surface area (Å²) in [4.78, 5) is 13.8. The summed E-state index contributed by atoms with van der Waals surface area (Å²) < 4.78 is 10.5. The summed E-state index contributed by atoms with van der Waals surface area (Å²) in [5.74, 6) is 1.67. The van der Waals surface area contributed by atoms with Crippen molar-refractivity contribution in [2.24, 2.45) is 10.3 Å².